The summed E-state index contributed by atoms with van der Waals surface area (Å²) in [5.74, 6) is -0.346. The molecule has 0 aliphatic heterocycles. The highest BCUT2D eigenvalue weighted by molar-refractivity contribution is 6.67. The van der Waals surface area contributed by atoms with Crippen molar-refractivity contribution in [1.82, 2.24) is 0 Å². The molecule has 0 aromatic carbocycles. The second-order valence-corrected chi connectivity index (χ2v) is 7.92. The molecule has 0 rings (SSSR count). The van der Waals surface area contributed by atoms with E-state index >= 15 is 0 Å². The first kappa shape index (κ1) is 18.3. The van der Waals surface area contributed by atoms with Crippen LogP contribution >= 0.6 is 0 Å². The van der Waals surface area contributed by atoms with Gasteiger partial charge in [-0.15, -0.1) is 0 Å². The Kier molecular flexibility index (Phi) is 10.8. The lowest BCUT2D eigenvalue weighted by molar-refractivity contribution is -0.137. The van der Waals surface area contributed by atoms with Crippen molar-refractivity contribution in [3.63, 3.8) is 0 Å². The summed E-state index contributed by atoms with van der Waals surface area (Å²) in [5, 5.41) is 0. The number of hydrogen-bond acceptors (Lipinski definition) is 4. The molecule has 112 valence electrons. The summed E-state index contributed by atoms with van der Waals surface area (Å²) in [7, 11) is -1.98. The molecule has 0 amide bonds. The molecule has 0 bridgehead atoms. The van der Waals surface area contributed by atoms with E-state index in [1.165, 1.54) is 6.08 Å². The zero-order chi connectivity index (χ0) is 14.6. The maximum Gasteiger partial charge on any atom is 0.337 e. The molecule has 0 atom stereocenters. The van der Waals surface area contributed by atoms with Crippen molar-refractivity contribution in [1.29, 1.82) is 0 Å². The highest BCUT2D eigenvalue weighted by Gasteiger charge is 2.33. The van der Waals surface area contributed by atoms with Crippen molar-refractivity contribution in [2.45, 2.75) is 52.1 Å². The average molecular weight is 288 g/mol. The van der Waals surface area contributed by atoms with Crippen LogP contribution in [0.2, 0.25) is 12.1 Å². The molecule has 5 heteroatoms. The smallest absolute Gasteiger partial charge is 0.337 e. The number of carbonyl (C=O) groups is 1. The van der Waals surface area contributed by atoms with Crippen LogP contribution in [0.3, 0.4) is 0 Å². The van der Waals surface area contributed by atoms with E-state index in [0.29, 0.717) is 6.61 Å². The number of rotatable bonds is 12. The summed E-state index contributed by atoms with van der Waals surface area (Å²) in [6, 6.07) is 2.00. The summed E-state index contributed by atoms with van der Waals surface area (Å²) in [4.78, 5) is 10.8. The van der Waals surface area contributed by atoms with Crippen molar-refractivity contribution >= 4 is 14.5 Å². The lowest BCUT2D eigenvalue weighted by Gasteiger charge is -2.28. The van der Waals surface area contributed by atoms with Gasteiger partial charge in [0.15, 0.2) is 0 Å². The second kappa shape index (κ2) is 11.2. The van der Waals surface area contributed by atoms with Gasteiger partial charge >= 0.3 is 14.5 Å². The largest absolute Gasteiger partial charge is 0.463 e. The monoisotopic (exact) mass is 288 g/mol. The average Bonchev–Trinajstić information content (AvgIpc) is 2.42. The summed E-state index contributed by atoms with van der Waals surface area (Å²) in [6.45, 7) is 11.4. The molecule has 0 aromatic rings. The third kappa shape index (κ3) is 8.18. The van der Waals surface area contributed by atoms with Gasteiger partial charge in [-0.05, 0) is 32.4 Å². The first-order chi connectivity index (χ1) is 9.14. The van der Waals surface area contributed by atoms with Gasteiger partial charge < -0.3 is 13.6 Å². The van der Waals surface area contributed by atoms with Gasteiger partial charge in [-0.2, -0.15) is 0 Å². The zero-order valence-corrected chi connectivity index (χ0v) is 13.6. The molecule has 0 unspecified atom stereocenters. The maximum absolute atomic E-state index is 10.8. The Morgan fingerprint density at radius 1 is 1.11 bits per heavy atom. The SMILES string of the molecule is C=CC(=O)OCCCCC[Si](CC)(OCC)OCC. The predicted octanol–water partition coefficient (Wildman–Crippen LogP) is 3.42. The Labute approximate surface area is 118 Å². The van der Waals surface area contributed by atoms with E-state index in [9.17, 15) is 4.79 Å². The fourth-order valence-electron chi connectivity index (χ4n) is 2.00. The third-order valence-electron chi connectivity index (χ3n) is 2.97. The molecule has 0 N–H and O–H groups in total. The van der Waals surface area contributed by atoms with E-state index in [2.05, 4.69) is 13.5 Å². The minimum Gasteiger partial charge on any atom is -0.463 e. The quantitative estimate of drug-likeness (QED) is 0.239. The van der Waals surface area contributed by atoms with E-state index in [0.717, 1.165) is 44.6 Å². The van der Waals surface area contributed by atoms with E-state index in [-0.39, 0.29) is 5.97 Å². The van der Waals surface area contributed by atoms with Crippen LogP contribution in [-0.4, -0.2) is 34.4 Å². The molecule has 0 aliphatic rings. The first-order valence-electron chi connectivity index (χ1n) is 7.21. The summed E-state index contributed by atoms with van der Waals surface area (Å²) in [5.41, 5.74) is 0. The van der Waals surface area contributed by atoms with Gasteiger partial charge in [-0.3, -0.25) is 0 Å². The maximum atomic E-state index is 10.8. The van der Waals surface area contributed by atoms with Gasteiger partial charge in [-0.25, -0.2) is 4.79 Å². The molecule has 19 heavy (non-hydrogen) atoms. The van der Waals surface area contributed by atoms with Crippen LogP contribution in [0.15, 0.2) is 12.7 Å². The van der Waals surface area contributed by atoms with Gasteiger partial charge in [0.1, 0.15) is 0 Å². The number of hydrogen-bond donors (Lipinski definition) is 0. The molecule has 0 fully saturated rings. The molecule has 0 heterocycles. The Morgan fingerprint density at radius 2 is 1.74 bits per heavy atom. The van der Waals surface area contributed by atoms with Gasteiger partial charge in [0.25, 0.3) is 0 Å². The number of ether oxygens (including phenoxy) is 1. The zero-order valence-electron chi connectivity index (χ0n) is 12.6. The van der Waals surface area contributed by atoms with Crippen molar-refractivity contribution in [3.05, 3.63) is 12.7 Å². The van der Waals surface area contributed by atoms with Gasteiger partial charge in [0, 0.05) is 19.3 Å². The standard InChI is InChI=1S/C14H28O4Si/c1-5-14(15)16-12-10-9-11-13-19(8-4,17-6-2)18-7-3/h5H,1,6-13H2,2-4H3. The summed E-state index contributed by atoms with van der Waals surface area (Å²) in [6.07, 6.45) is 4.16. The van der Waals surface area contributed by atoms with Crippen LogP contribution in [-0.2, 0) is 18.4 Å². The van der Waals surface area contributed by atoms with Crippen LogP contribution in [0.1, 0.15) is 40.0 Å². The van der Waals surface area contributed by atoms with E-state index in [1.807, 2.05) is 13.8 Å². The normalized spacial score (nSPS) is 11.3. The highest BCUT2D eigenvalue weighted by Crippen LogP contribution is 2.22. The molecule has 0 aliphatic carbocycles. The van der Waals surface area contributed by atoms with E-state index in [1.54, 1.807) is 0 Å². The molecule has 4 nitrogen and oxygen atoms in total. The Morgan fingerprint density at radius 3 is 2.21 bits per heavy atom. The summed E-state index contributed by atoms with van der Waals surface area (Å²) < 4.78 is 16.7. The number of unbranched alkanes of at least 4 members (excludes halogenated alkanes) is 2. The van der Waals surface area contributed by atoms with Crippen LogP contribution in [0, 0.1) is 0 Å². The minimum absolute atomic E-state index is 0.346. The lowest BCUT2D eigenvalue weighted by atomic mass is 10.3. The van der Waals surface area contributed by atoms with Gasteiger partial charge in [0.05, 0.1) is 6.61 Å². The first-order valence-corrected chi connectivity index (χ1v) is 9.44. The topological polar surface area (TPSA) is 44.8 Å². The fourth-order valence-corrected chi connectivity index (χ4v) is 4.97. The van der Waals surface area contributed by atoms with Crippen LogP contribution < -0.4 is 0 Å². The van der Waals surface area contributed by atoms with Crippen LogP contribution in [0.25, 0.3) is 0 Å². The number of carbonyl (C=O) groups excluding carboxylic acids is 1. The van der Waals surface area contributed by atoms with Crippen molar-refractivity contribution in [2.24, 2.45) is 0 Å². The Hall–Kier alpha value is -0.653. The van der Waals surface area contributed by atoms with Gasteiger partial charge in [-0.1, -0.05) is 26.3 Å². The molecule has 0 saturated carbocycles. The molecule has 0 spiro atoms. The molecular formula is C14H28O4Si. The molecule has 0 radical (unpaired) electrons. The van der Waals surface area contributed by atoms with Crippen molar-refractivity contribution in [3.8, 4) is 0 Å². The van der Waals surface area contributed by atoms with Crippen molar-refractivity contribution < 1.29 is 18.4 Å². The van der Waals surface area contributed by atoms with E-state index in [4.69, 9.17) is 13.6 Å². The Bertz CT molecular complexity index is 250. The predicted molar refractivity (Wildman–Crippen MR) is 79.3 cm³/mol. The van der Waals surface area contributed by atoms with Crippen molar-refractivity contribution in [2.75, 3.05) is 19.8 Å². The van der Waals surface area contributed by atoms with Gasteiger partial charge in [0.2, 0.25) is 0 Å². The minimum atomic E-state index is -1.98. The lowest BCUT2D eigenvalue weighted by Crippen LogP contribution is -2.41. The van der Waals surface area contributed by atoms with Crippen LogP contribution in [0.4, 0.5) is 0 Å². The molecule has 0 aromatic heterocycles. The highest BCUT2D eigenvalue weighted by atomic mass is 28.4. The fraction of sp³-hybridized carbons (Fsp3) is 0.786. The number of esters is 1. The molecular weight excluding hydrogens is 260 g/mol. The van der Waals surface area contributed by atoms with Crippen LogP contribution in [0.5, 0.6) is 0 Å². The third-order valence-corrected chi connectivity index (χ3v) is 6.79. The molecule has 0 saturated heterocycles. The Balaban J connectivity index is 3.86. The second-order valence-electron chi connectivity index (χ2n) is 4.31. The van der Waals surface area contributed by atoms with E-state index < -0.39 is 8.56 Å². The summed E-state index contributed by atoms with van der Waals surface area (Å²) >= 11 is 0.